The average Bonchev–Trinajstić information content (AvgIpc) is 2.03. The summed E-state index contributed by atoms with van der Waals surface area (Å²) in [5.41, 5.74) is 2.31. The molecule has 1 nitrogen and oxygen atoms in total. The Morgan fingerprint density at radius 3 is 2.73 bits per heavy atom. The average molecular weight is 147 g/mol. The van der Waals surface area contributed by atoms with Gasteiger partial charge in [0.1, 0.15) is 0 Å². The number of rotatable bonds is 2. The van der Waals surface area contributed by atoms with Crippen LogP contribution in [0.4, 0.5) is 5.69 Å². The van der Waals surface area contributed by atoms with E-state index < -0.39 is 0 Å². The number of para-hydroxylation sites is 1. The fraction of sp³-hybridized carbons (Fsp3) is 0.300. The highest BCUT2D eigenvalue weighted by atomic mass is 14.7. The SMILES string of the molecule is CC/C=N\c1ccccc1C. The molecule has 1 aromatic carbocycles. The van der Waals surface area contributed by atoms with Gasteiger partial charge in [-0.05, 0) is 25.0 Å². The lowest BCUT2D eigenvalue weighted by Crippen LogP contribution is -1.73. The molecule has 1 aromatic rings. The molecule has 0 aliphatic rings. The van der Waals surface area contributed by atoms with Crippen molar-refractivity contribution in [2.24, 2.45) is 4.99 Å². The fourth-order valence-electron chi connectivity index (χ4n) is 0.898. The standard InChI is InChI=1S/C10H13N/c1-3-8-11-10-7-5-4-6-9(10)2/h4-8H,3H2,1-2H3/b11-8-. The molecule has 0 aliphatic heterocycles. The number of aryl methyl sites for hydroxylation is 1. The third-order valence-electron chi connectivity index (χ3n) is 1.53. The monoisotopic (exact) mass is 147 g/mol. The van der Waals surface area contributed by atoms with Gasteiger partial charge in [-0.15, -0.1) is 0 Å². The van der Waals surface area contributed by atoms with Gasteiger partial charge in [-0.3, -0.25) is 4.99 Å². The van der Waals surface area contributed by atoms with Crippen LogP contribution in [-0.4, -0.2) is 6.21 Å². The highest BCUT2D eigenvalue weighted by Gasteiger charge is 1.89. The van der Waals surface area contributed by atoms with E-state index in [1.165, 1.54) is 5.56 Å². The second kappa shape index (κ2) is 3.91. The number of hydrogen-bond donors (Lipinski definition) is 0. The van der Waals surface area contributed by atoms with Crippen molar-refractivity contribution < 1.29 is 0 Å². The van der Waals surface area contributed by atoms with Gasteiger partial charge in [0.05, 0.1) is 5.69 Å². The Balaban J connectivity index is 2.86. The summed E-state index contributed by atoms with van der Waals surface area (Å²) in [6, 6.07) is 8.14. The molecule has 0 unspecified atom stereocenters. The summed E-state index contributed by atoms with van der Waals surface area (Å²) in [6.07, 6.45) is 2.93. The predicted molar refractivity (Wildman–Crippen MR) is 49.6 cm³/mol. The molecular weight excluding hydrogens is 134 g/mol. The largest absolute Gasteiger partial charge is 0.261 e. The maximum atomic E-state index is 4.30. The summed E-state index contributed by atoms with van der Waals surface area (Å²) in [5, 5.41) is 0. The van der Waals surface area contributed by atoms with Gasteiger partial charge in [0, 0.05) is 6.21 Å². The molecule has 0 amide bonds. The molecule has 0 N–H and O–H groups in total. The zero-order chi connectivity index (χ0) is 8.10. The van der Waals surface area contributed by atoms with E-state index in [9.17, 15) is 0 Å². The molecule has 58 valence electrons. The van der Waals surface area contributed by atoms with E-state index in [1.54, 1.807) is 0 Å². The van der Waals surface area contributed by atoms with Crippen molar-refractivity contribution in [2.45, 2.75) is 20.3 Å². The van der Waals surface area contributed by atoms with Gasteiger partial charge >= 0.3 is 0 Å². The van der Waals surface area contributed by atoms with Crippen molar-refractivity contribution in [3.05, 3.63) is 29.8 Å². The molecule has 1 heteroatoms. The zero-order valence-corrected chi connectivity index (χ0v) is 7.04. The van der Waals surface area contributed by atoms with Crippen molar-refractivity contribution in [3.8, 4) is 0 Å². The first-order valence-electron chi connectivity index (χ1n) is 3.92. The second-order valence-electron chi connectivity index (χ2n) is 2.51. The number of aliphatic imine (C=N–C) groups is 1. The van der Waals surface area contributed by atoms with Gasteiger partial charge in [0.25, 0.3) is 0 Å². The number of nitrogens with zero attached hydrogens (tertiary/aromatic N) is 1. The molecule has 0 aliphatic carbocycles. The van der Waals surface area contributed by atoms with Crippen LogP contribution >= 0.6 is 0 Å². The van der Waals surface area contributed by atoms with E-state index in [1.807, 2.05) is 24.4 Å². The summed E-state index contributed by atoms with van der Waals surface area (Å²) < 4.78 is 0. The Morgan fingerprint density at radius 2 is 2.09 bits per heavy atom. The van der Waals surface area contributed by atoms with Crippen LogP contribution in [0.25, 0.3) is 0 Å². The van der Waals surface area contributed by atoms with Crippen molar-refractivity contribution in [2.75, 3.05) is 0 Å². The summed E-state index contributed by atoms with van der Waals surface area (Å²) in [4.78, 5) is 4.30. The highest BCUT2D eigenvalue weighted by Crippen LogP contribution is 2.15. The molecule has 1 rings (SSSR count). The Morgan fingerprint density at radius 1 is 1.36 bits per heavy atom. The van der Waals surface area contributed by atoms with E-state index in [0.29, 0.717) is 0 Å². The van der Waals surface area contributed by atoms with Crippen LogP contribution in [0, 0.1) is 6.92 Å². The molecule has 0 bridgehead atoms. The van der Waals surface area contributed by atoms with E-state index in [-0.39, 0.29) is 0 Å². The van der Waals surface area contributed by atoms with Crippen LogP contribution in [0.3, 0.4) is 0 Å². The maximum Gasteiger partial charge on any atom is 0.0654 e. The first-order valence-corrected chi connectivity index (χ1v) is 3.92. The molecule has 0 aromatic heterocycles. The summed E-state index contributed by atoms with van der Waals surface area (Å²) >= 11 is 0. The minimum absolute atomic E-state index is 0.994. The summed E-state index contributed by atoms with van der Waals surface area (Å²) in [5.74, 6) is 0. The molecular formula is C10H13N. The third-order valence-corrected chi connectivity index (χ3v) is 1.53. The third kappa shape index (κ3) is 2.19. The van der Waals surface area contributed by atoms with E-state index in [2.05, 4.69) is 24.9 Å². The van der Waals surface area contributed by atoms with Gasteiger partial charge < -0.3 is 0 Å². The van der Waals surface area contributed by atoms with Gasteiger partial charge in [0.15, 0.2) is 0 Å². The first-order chi connectivity index (χ1) is 5.34. The Bertz CT molecular complexity index is 251. The van der Waals surface area contributed by atoms with Crippen molar-refractivity contribution in [1.29, 1.82) is 0 Å². The van der Waals surface area contributed by atoms with Crippen LogP contribution in [0.15, 0.2) is 29.3 Å². The van der Waals surface area contributed by atoms with Crippen LogP contribution in [0.1, 0.15) is 18.9 Å². The van der Waals surface area contributed by atoms with Gasteiger partial charge in [-0.1, -0.05) is 25.1 Å². The molecule has 11 heavy (non-hydrogen) atoms. The molecule has 0 heterocycles. The summed E-state index contributed by atoms with van der Waals surface area (Å²) in [6.45, 7) is 4.16. The number of hydrogen-bond acceptors (Lipinski definition) is 1. The molecule has 0 saturated carbocycles. The molecule has 0 atom stereocenters. The normalized spacial score (nSPS) is 10.7. The zero-order valence-electron chi connectivity index (χ0n) is 7.04. The lowest BCUT2D eigenvalue weighted by atomic mass is 10.2. The molecule has 0 radical (unpaired) electrons. The minimum atomic E-state index is 0.994. The Kier molecular flexibility index (Phi) is 2.84. The van der Waals surface area contributed by atoms with Gasteiger partial charge in [-0.25, -0.2) is 0 Å². The van der Waals surface area contributed by atoms with Crippen molar-refractivity contribution >= 4 is 11.9 Å². The van der Waals surface area contributed by atoms with Crippen LogP contribution < -0.4 is 0 Å². The highest BCUT2D eigenvalue weighted by molar-refractivity contribution is 5.64. The maximum absolute atomic E-state index is 4.30. The molecule has 0 spiro atoms. The fourth-order valence-corrected chi connectivity index (χ4v) is 0.898. The van der Waals surface area contributed by atoms with E-state index >= 15 is 0 Å². The van der Waals surface area contributed by atoms with E-state index in [0.717, 1.165) is 12.1 Å². The first kappa shape index (κ1) is 7.99. The number of benzene rings is 1. The van der Waals surface area contributed by atoms with Crippen molar-refractivity contribution in [1.82, 2.24) is 0 Å². The van der Waals surface area contributed by atoms with Crippen molar-refractivity contribution in [3.63, 3.8) is 0 Å². The molecule has 0 saturated heterocycles. The van der Waals surface area contributed by atoms with Crippen LogP contribution in [0.5, 0.6) is 0 Å². The smallest absolute Gasteiger partial charge is 0.0654 e. The quantitative estimate of drug-likeness (QED) is 0.570. The Hall–Kier alpha value is -1.11. The van der Waals surface area contributed by atoms with E-state index in [4.69, 9.17) is 0 Å². The van der Waals surface area contributed by atoms with Crippen LogP contribution in [0.2, 0.25) is 0 Å². The minimum Gasteiger partial charge on any atom is -0.261 e. The van der Waals surface area contributed by atoms with Gasteiger partial charge in [-0.2, -0.15) is 0 Å². The van der Waals surface area contributed by atoms with Crippen LogP contribution in [-0.2, 0) is 0 Å². The molecule has 0 fully saturated rings. The summed E-state index contributed by atoms with van der Waals surface area (Å²) in [7, 11) is 0. The Labute approximate surface area is 67.8 Å². The predicted octanol–water partition coefficient (Wildman–Crippen LogP) is 3.11. The topological polar surface area (TPSA) is 12.4 Å². The lowest BCUT2D eigenvalue weighted by Gasteiger charge is -1.96. The second-order valence-corrected chi connectivity index (χ2v) is 2.51. The lowest BCUT2D eigenvalue weighted by molar-refractivity contribution is 1.30. The van der Waals surface area contributed by atoms with Gasteiger partial charge in [0.2, 0.25) is 0 Å².